The van der Waals surface area contributed by atoms with Crippen molar-refractivity contribution in [1.82, 2.24) is 29.6 Å². The number of carbonyl (C=O) groups is 1. The minimum atomic E-state index is -0.296. The maximum Gasteiger partial charge on any atom is 0.276 e. The lowest BCUT2D eigenvalue weighted by molar-refractivity contribution is 0.0811. The molecule has 0 fully saturated rings. The van der Waals surface area contributed by atoms with Gasteiger partial charge in [0, 0.05) is 7.05 Å². The molecule has 9 heteroatoms. The third kappa shape index (κ3) is 2.01. The van der Waals surface area contributed by atoms with E-state index in [2.05, 4.69) is 25.5 Å². The van der Waals surface area contributed by atoms with Crippen LogP contribution in [0.4, 0.5) is 11.5 Å². The lowest BCUT2D eigenvalue weighted by Gasteiger charge is -2.08. The molecule has 1 amide bonds. The standard InChI is InChI=1S/C14H11N7O2/c1-20-7-21-10(14(20)23)3-2-9(13(21)22)18-12-11-8(15-6-16-12)4-5-17-19-11/h2-6H,7H2,1H3,(H,15,16,18). The van der Waals surface area contributed by atoms with Crippen LogP contribution in [0.15, 0.2) is 35.5 Å². The second-order valence-electron chi connectivity index (χ2n) is 5.12. The number of rotatable bonds is 2. The van der Waals surface area contributed by atoms with Gasteiger partial charge in [-0.25, -0.2) is 9.97 Å². The molecular formula is C14H11N7O2. The minimum Gasteiger partial charge on any atom is -0.334 e. The number of pyridine rings is 1. The van der Waals surface area contributed by atoms with Crippen LogP contribution in [0, 0.1) is 0 Å². The van der Waals surface area contributed by atoms with Gasteiger partial charge in [0.25, 0.3) is 11.5 Å². The molecule has 0 radical (unpaired) electrons. The van der Waals surface area contributed by atoms with Crippen LogP contribution in [0.25, 0.3) is 11.0 Å². The zero-order valence-electron chi connectivity index (χ0n) is 12.1. The summed E-state index contributed by atoms with van der Waals surface area (Å²) in [6, 6.07) is 4.89. The number of fused-ring (bicyclic) bond motifs is 2. The molecule has 0 unspecified atom stereocenters. The van der Waals surface area contributed by atoms with Crippen molar-refractivity contribution in [3.63, 3.8) is 0 Å². The summed E-state index contributed by atoms with van der Waals surface area (Å²) in [4.78, 5) is 34.1. The Bertz CT molecular complexity index is 993. The molecule has 4 heterocycles. The fraction of sp³-hybridized carbons (Fsp3) is 0.143. The highest BCUT2D eigenvalue weighted by atomic mass is 16.2. The summed E-state index contributed by atoms with van der Waals surface area (Å²) in [5, 5.41) is 10.8. The Hall–Kier alpha value is -3.36. The van der Waals surface area contributed by atoms with Gasteiger partial charge in [-0.1, -0.05) is 0 Å². The Morgan fingerprint density at radius 2 is 2.04 bits per heavy atom. The van der Waals surface area contributed by atoms with E-state index in [-0.39, 0.29) is 18.1 Å². The van der Waals surface area contributed by atoms with Crippen molar-refractivity contribution in [3.8, 4) is 0 Å². The zero-order valence-corrected chi connectivity index (χ0v) is 12.1. The van der Waals surface area contributed by atoms with Gasteiger partial charge in [0.2, 0.25) is 0 Å². The maximum atomic E-state index is 12.5. The fourth-order valence-electron chi connectivity index (χ4n) is 2.50. The van der Waals surface area contributed by atoms with Crippen molar-refractivity contribution in [2.24, 2.45) is 0 Å². The average Bonchev–Trinajstić information content (AvgIpc) is 2.86. The lowest BCUT2D eigenvalue weighted by atomic mass is 10.3. The predicted octanol–water partition coefficient (Wildman–Crippen LogP) is 0.368. The summed E-state index contributed by atoms with van der Waals surface area (Å²) in [7, 11) is 1.65. The van der Waals surface area contributed by atoms with E-state index in [0.29, 0.717) is 28.2 Å². The van der Waals surface area contributed by atoms with Crippen molar-refractivity contribution < 1.29 is 4.79 Å². The number of anilines is 2. The Morgan fingerprint density at radius 1 is 1.17 bits per heavy atom. The highest BCUT2D eigenvalue weighted by Crippen LogP contribution is 2.20. The highest BCUT2D eigenvalue weighted by Gasteiger charge is 2.26. The van der Waals surface area contributed by atoms with Gasteiger partial charge < -0.3 is 10.2 Å². The molecule has 9 nitrogen and oxygen atoms in total. The summed E-state index contributed by atoms with van der Waals surface area (Å²) < 4.78 is 1.42. The second-order valence-corrected chi connectivity index (χ2v) is 5.12. The van der Waals surface area contributed by atoms with Crippen LogP contribution in [-0.2, 0) is 6.67 Å². The highest BCUT2D eigenvalue weighted by molar-refractivity contribution is 5.94. The third-order valence-corrected chi connectivity index (χ3v) is 3.65. The quantitative estimate of drug-likeness (QED) is 0.728. The van der Waals surface area contributed by atoms with Crippen molar-refractivity contribution in [2.75, 3.05) is 12.4 Å². The van der Waals surface area contributed by atoms with Crippen LogP contribution in [0.3, 0.4) is 0 Å². The summed E-state index contributed by atoms with van der Waals surface area (Å²) in [6.07, 6.45) is 2.92. The van der Waals surface area contributed by atoms with Crippen LogP contribution < -0.4 is 10.9 Å². The minimum absolute atomic E-state index is 0.174. The first-order valence-electron chi connectivity index (χ1n) is 6.84. The fourth-order valence-corrected chi connectivity index (χ4v) is 2.50. The Morgan fingerprint density at radius 3 is 2.91 bits per heavy atom. The zero-order chi connectivity index (χ0) is 16.0. The molecule has 0 spiro atoms. The molecule has 114 valence electrons. The van der Waals surface area contributed by atoms with Gasteiger partial charge in [0.15, 0.2) is 11.3 Å². The topological polar surface area (TPSA) is 106 Å². The van der Waals surface area contributed by atoms with Crippen molar-refractivity contribution in [2.45, 2.75) is 6.67 Å². The number of aromatic nitrogens is 5. The van der Waals surface area contributed by atoms with Crippen LogP contribution in [0.1, 0.15) is 10.5 Å². The first-order valence-corrected chi connectivity index (χ1v) is 6.84. The van der Waals surface area contributed by atoms with Crippen LogP contribution in [0.2, 0.25) is 0 Å². The first kappa shape index (κ1) is 13.3. The molecule has 0 aromatic carbocycles. The van der Waals surface area contributed by atoms with E-state index in [0.717, 1.165) is 0 Å². The number of hydrogen-bond acceptors (Lipinski definition) is 7. The summed E-state index contributed by atoms with van der Waals surface area (Å²) in [5.74, 6) is 0.213. The molecule has 23 heavy (non-hydrogen) atoms. The van der Waals surface area contributed by atoms with E-state index < -0.39 is 0 Å². The molecule has 0 aliphatic carbocycles. The van der Waals surface area contributed by atoms with E-state index in [4.69, 9.17) is 0 Å². The SMILES string of the molecule is CN1Cn2c(ccc(Nc3ncnc4ccnnc34)c2=O)C1=O. The van der Waals surface area contributed by atoms with Gasteiger partial charge in [-0.3, -0.25) is 14.2 Å². The molecule has 3 aromatic rings. The van der Waals surface area contributed by atoms with E-state index >= 15 is 0 Å². The van der Waals surface area contributed by atoms with Gasteiger partial charge >= 0.3 is 0 Å². The monoisotopic (exact) mass is 309 g/mol. The molecular weight excluding hydrogens is 298 g/mol. The van der Waals surface area contributed by atoms with Gasteiger partial charge in [-0.15, -0.1) is 5.10 Å². The maximum absolute atomic E-state index is 12.5. The molecule has 1 aliphatic heterocycles. The number of carbonyl (C=O) groups excluding carboxylic acids is 1. The predicted molar refractivity (Wildman–Crippen MR) is 81.2 cm³/mol. The van der Waals surface area contributed by atoms with E-state index in [1.165, 1.54) is 22.0 Å². The van der Waals surface area contributed by atoms with Crippen molar-refractivity contribution in [1.29, 1.82) is 0 Å². The van der Waals surface area contributed by atoms with Gasteiger partial charge in [-0.05, 0) is 18.2 Å². The van der Waals surface area contributed by atoms with Gasteiger partial charge in [-0.2, -0.15) is 5.10 Å². The average molecular weight is 309 g/mol. The van der Waals surface area contributed by atoms with Crippen LogP contribution in [-0.4, -0.2) is 42.6 Å². The first-order chi connectivity index (χ1) is 11.1. The van der Waals surface area contributed by atoms with Gasteiger partial charge in [0.1, 0.15) is 24.4 Å². The molecule has 3 aromatic heterocycles. The number of hydrogen-bond donors (Lipinski definition) is 1. The van der Waals surface area contributed by atoms with Crippen molar-refractivity contribution >= 4 is 28.4 Å². The van der Waals surface area contributed by atoms with E-state index in [1.54, 1.807) is 25.2 Å². The number of nitrogens with zero attached hydrogens (tertiary/aromatic N) is 6. The smallest absolute Gasteiger partial charge is 0.276 e. The Labute approximate surface area is 129 Å². The van der Waals surface area contributed by atoms with E-state index in [1.807, 2.05) is 0 Å². The third-order valence-electron chi connectivity index (χ3n) is 3.65. The van der Waals surface area contributed by atoms with Crippen LogP contribution in [0.5, 0.6) is 0 Å². The Balaban J connectivity index is 1.80. The second kappa shape index (κ2) is 4.83. The molecule has 1 aliphatic rings. The van der Waals surface area contributed by atoms with Crippen molar-refractivity contribution in [3.05, 3.63) is 46.8 Å². The number of amides is 1. The number of nitrogens with one attached hydrogen (secondary N) is 1. The van der Waals surface area contributed by atoms with Crippen LogP contribution >= 0.6 is 0 Å². The summed E-state index contributed by atoms with van der Waals surface area (Å²) in [5.41, 5.74) is 1.47. The molecule has 0 saturated heterocycles. The lowest BCUT2D eigenvalue weighted by Crippen LogP contribution is -2.24. The molecule has 0 bridgehead atoms. The molecule has 1 N–H and O–H groups in total. The Kier molecular flexibility index (Phi) is 2.80. The molecule has 0 saturated carbocycles. The summed E-state index contributed by atoms with van der Waals surface area (Å²) in [6.45, 7) is 0.229. The summed E-state index contributed by atoms with van der Waals surface area (Å²) >= 11 is 0. The molecule has 0 atom stereocenters. The van der Waals surface area contributed by atoms with E-state index in [9.17, 15) is 9.59 Å². The van der Waals surface area contributed by atoms with Gasteiger partial charge in [0.05, 0.1) is 11.7 Å². The largest absolute Gasteiger partial charge is 0.334 e. The molecule has 4 rings (SSSR count). The normalized spacial score (nSPS) is 13.4.